The molecule has 0 bridgehead atoms. The summed E-state index contributed by atoms with van der Waals surface area (Å²) < 4.78 is 15.7. The smallest absolute Gasteiger partial charge is 0.253 e. The summed E-state index contributed by atoms with van der Waals surface area (Å²) in [5.74, 6) is 2.47. The van der Waals surface area contributed by atoms with Gasteiger partial charge in [-0.2, -0.15) is 11.8 Å². The molecule has 2 rings (SSSR count). The van der Waals surface area contributed by atoms with Gasteiger partial charge < -0.3 is 19.5 Å². The first-order valence-electron chi connectivity index (χ1n) is 6.77. The zero-order chi connectivity index (χ0) is 15.1. The maximum absolute atomic E-state index is 11.9. The Bertz CT molecular complexity index is 445. The molecule has 1 unspecified atom stereocenters. The van der Waals surface area contributed by atoms with Gasteiger partial charge in [0, 0.05) is 32.2 Å². The zero-order valence-electron chi connectivity index (χ0n) is 12.2. The molecule has 21 heavy (non-hydrogen) atoms. The molecule has 7 heteroatoms. The van der Waals surface area contributed by atoms with Gasteiger partial charge in [0.15, 0.2) is 6.29 Å². The van der Waals surface area contributed by atoms with Crippen molar-refractivity contribution in [3.8, 4) is 5.88 Å². The Morgan fingerprint density at radius 3 is 2.86 bits per heavy atom. The molecule has 1 aromatic heterocycles. The molecule has 1 fully saturated rings. The van der Waals surface area contributed by atoms with Gasteiger partial charge >= 0.3 is 0 Å². The third-order valence-corrected chi connectivity index (χ3v) is 4.26. The predicted octanol–water partition coefficient (Wildman–Crippen LogP) is 1.31. The fourth-order valence-corrected chi connectivity index (χ4v) is 3.00. The Balaban J connectivity index is 1.84. The van der Waals surface area contributed by atoms with E-state index >= 15 is 0 Å². The fraction of sp³-hybridized carbons (Fsp3) is 0.571. The van der Waals surface area contributed by atoms with E-state index < -0.39 is 6.29 Å². The van der Waals surface area contributed by atoms with Crippen molar-refractivity contribution in [1.82, 2.24) is 10.3 Å². The van der Waals surface area contributed by atoms with Crippen LogP contribution >= 0.6 is 11.8 Å². The molecule has 1 aliphatic heterocycles. The van der Waals surface area contributed by atoms with Crippen LogP contribution in [0.15, 0.2) is 18.3 Å². The zero-order valence-corrected chi connectivity index (χ0v) is 13.0. The molecule has 1 N–H and O–H groups in total. The average molecular weight is 312 g/mol. The number of nitrogens with one attached hydrogen (secondary N) is 1. The predicted molar refractivity (Wildman–Crippen MR) is 80.7 cm³/mol. The molecule has 0 saturated carbocycles. The summed E-state index contributed by atoms with van der Waals surface area (Å²) in [5, 5.41) is 2.72. The highest BCUT2D eigenvalue weighted by atomic mass is 32.2. The molecule has 1 atom stereocenters. The summed E-state index contributed by atoms with van der Waals surface area (Å²) in [4.78, 5) is 16.1. The monoisotopic (exact) mass is 312 g/mol. The van der Waals surface area contributed by atoms with Gasteiger partial charge in [0.25, 0.3) is 5.91 Å². The molecule has 0 spiro atoms. The number of aromatic nitrogens is 1. The molecule has 116 valence electrons. The number of amides is 1. The Hall–Kier alpha value is -1.31. The van der Waals surface area contributed by atoms with Gasteiger partial charge in [0.05, 0.1) is 12.1 Å². The standard InChI is InChI=1S/C14H20N2O4S/c1-18-13(19-2)8-16-14(17)10-3-4-12(15-7-10)20-11-5-6-21-9-11/h3-4,7,11,13H,5-6,8-9H2,1-2H3,(H,16,17). The van der Waals surface area contributed by atoms with Crippen LogP contribution in [-0.2, 0) is 9.47 Å². The SMILES string of the molecule is COC(CNC(=O)c1ccc(OC2CCSC2)nc1)OC. The van der Waals surface area contributed by atoms with E-state index in [1.165, 1.54) is 20.4 Å². The highest BCUT2D eigenvalue weighted by molar-refractivity contribution is 7.99. The normalized spacial score (nSPS) is 18.0. The minimum absolute atomic E-state index is 0.218. The number of methoxy groups -OCH3 is 2. The van der Waals surface area contributed by atoms with E-state index in [2.05, 4.69) is 10.3 Å². The van der Waals surface area contributed by atoms with Crippen LogP contribution in [0.3, 0.4) is 0 Å². The van der Waals surface area contributed by atoms with Gasteiger partial charge in [0.1, 0.15) is 6.10 Å². The Kier molecular flexibility index (Phi) is 6.28. The van der Waals surface area contributed by atoms with Gasteiger partial charge in [0.2, 0.25) is 5.88 Å². The van der Waals surface area contributed by atoms with E-state index in [9.17, 15) is 4.79 Å². The second kappa shape index (κ2) is 8.21. The van der Waals surface area contributed by atoms with Crippen molar-refractivity contribution in [1.29, 1.82) is 0 Å². The molecule has 2 heterocycles. The average Bonchev–Trinajstić information content (AvgIpc) is 3.02. The van der Waals surface area contributed by atoms with Gasteiger partial charge in [-0.3, -0.25) is 4.79 Å². The number of hydrogen-bond acceptors (Lipinski definition) is 6. The van der Waals surface area contributed by atoms with Crippen LogP contribution in [0.25, 0.3) is 0 Å². The van der Waals surface area contributed by atoms with Crippen LogP contribution in [0.2, 0.25) is 0 Å². The van der Waals surface area contributed by atoms with Crippen molar-refractivity contribution < 1.29 is 19.0 Å². The minimum Gasteiger partial charge on any atom is -0.473 e. The van der Waals surface area contributed by atoms with Gasteiger partial charge in [-0.1, -0.05) is 0 Å². The van der Waals surface area contributed by atoms with Crippen molar-refractivity contribution in [3.63, 3.8) is 0 Å². The van der Waals surface area contributed by atoms with E-state index in [0.29, 0.717) is 11.4 Å². The van der Waals surface area contributed by atoms with Crippen LogP contribution in [0, 0.1) is 0 Å². The summed E-state index contributed by atoms with van der Waals surface area (Å²) in [6.45, 7) is 0.281. The molecule has 0 radical (unpaired) electrons. The maximum atomic E-state index is 11.9. The van der Waals surface area contributed by atoms with E-state index in [1.807, 2.05) is 11.8 Å². The van der Waals surface area contributed by atoms with Crippen molar-refractivity contribution in [2.45, 2.75) is 18.8 Å². The first kappa shape index (κ1) is 16.1. The Morgan fingerprint density at radius 2 is 2.29 bits per heavy atom. The number of pyridine rings is 1. The molecule has 6 nitrogen and oxygen atoms in total. The second-order valence-corrected chi connectivity index (χ2v) is 5.75. The Labute approximate surface area is 128 Å². The van der Waals surface area contributed by atoms with E-state index in [-0.39, 0.29) is 18.6 Å². The van der Waals surface area contributed by atoms with Gasteiger partial charge in [-0.25, -0.2) is 4.98 Å². The molecular formula is C14H20N2O4S. The maximum Gasteiger partial charge on any atom is 0.253 e. The number of ether oxygens (including phenoxy) is 3. The Morgan fingerprint density at radius 1 is 1.48 bits per heavy atom. The van der Waals surface area contributed by atoms with Crippen LogP contribution in [0.5, 0.6) is 5.88 Å². The van der Waals surface area contributed by atoms with E-state index in [1.54, 1.807) is 12.1 Å². The van der Waals surface area contributed by atoms with Crippen molar-refractivity contribution in [2.75, 3.05) is 32.3 Å². The lowest BCUT2D eigenvalue weighted by atomic mass is 10.2. The number of rotatable bonds is 7. The van der Waals surface area contributed by atoms with Crippen LogP contribution < -0.4 is 10.1 Å². The second-order valence-electron chi connectivity index (χ2n) is 4.60. The van der Waals surface area contributed by atoms with E-state index in [0.717, 1.165) is 17.9 Å². The fourth-order valence-electron chi connectivity index (χ4n) is 1.90. The third kappa shape index (κ3) is 4.87. The molecule has 1 amide bonds. The van der Waals surface area contributed by atoms with Crippen molar-refractivity contribution >= 4 is 17.7 Å². The quantitative estimate of drug-likeness (QED) is 0.766. The number of nitrogens with zero attached hydrogens (tertiary/aromatic N) is 1. The summed E-state index contributed by atoms with van der Waals surface area (Å²) in [7, 11) is 3.05. The summed E-state index contributed by atoms with van der Waals surface area (Å²) >= 11 is 1.88. The summed E-state index contributed by atoms with van der Waals surface area (Å²) in [6.07, 6.45) is 2.33. The molecule has 1 aliphatic rings. The number of thioether (sulfide) groups is 1. The lowest BCUT2D eigenvalue weighted by Gasteiger charge is -2.14. The number of carbonyl (C=O) groups excluding carboxylic acids is 1. The molecule has 0 aliphatic carbocycles. The minimum atomic E-state index is -0.454. The third-order valence-electron chi connectivity index (χ3n) is 3.13. The van der Waals surface area contributed by atoms with Crippen LogP contribution in [0.4, 0.5) is 0 Å². The van der Waals surface area contributed by atoms with Gasteiger partial charge in [-0.15, -0.1) is 0 Å². The van der Waals surface area contributed by atoms with Crippen LogP contribution in [-0.4, -0.2) is 55.6 Å². The molecule has 1 saturated heterocycles. The lowest BCUT2D eigenvalue weighted by Crippen LogP contribution is -2.34. The molecule has 1 aromatic rings. The van der Waals surface area contributed by atoms with Crippen molar-refractivity contribution in [2.24, 2.45) is 0 Å². The van der Waals surface area contributed by atoms with E-state index in [4.69, 9.17) is 14.2 Å². The number of hydrogen-bond donors (Lipinski definition) is 1. The first-order chi connectivity index (χ1) is 10.2. The highest BCUT2D eigenvalue weighted by Crippen LogP contribution is 2.21. The summed E-state index contributed by atoms with van der Waals surface area (Å²) in [5.41, 5.74) is 0.481. The molecular weight excluding hydrogens is 292 g/mol. The topological polar surface area (TPSA) is 69.7 Å². The number of carbonyl (C=O) groups is 1. The summed E-state index contributed by atoms with van der Waals surface area (Å²) in [6, 6.07) is 3.43. The molecule has 0 aromatic carbocycles. The highest BCUT2D eigenvalue weighted by Gasteiger charge is 2.17. The van der Waals surface area contributed by atoms with Gasteiger partial charge in [-0.05, 0) is 18.2 Å². The largest absolute Gasteiger partial charge is 0.473 e. The lowest BCUT2D eigenvalue weighted by molar-refractivity contribution is -0.0974. The van der Waals surface area contributed by atoms with Crippen LogP contribution in [0.1, 0.15) is 16.8 Å². The first-order valence-corrected chi connectivity index (χ1v) is 7.92. The van der Waals surface area contributed by atoms with Crippen molar-refractivity contribution in [3.05, 3.63) is 23.9 Å².